The highest BCUT2D eigenvalue weighted by Crippen LogP contribution is 2.27. The van der Waals surface area contributed by atoms with Crippen molar-refractivity contribution in [2.24, 2.45) is 0 Å². The van der Waals surface area contributed by atoms with Crippen molar-refractivity contribution in [2.45, 2.75) is 37.6 Å². The molecule has 30 heavy (non-hydrogen) atoms. The SMILES string of the molecule is O=C1NCCN(CC(c2ccccc2)c2ccccc2)[C@@H]1CC(=O)N1CCCCC1. The van der Waals surface area contributed by atoms with Gasteiger partial charge in [-0.25, -0.2) is 0 Å². The van der Waals surface area contributed by atoms with Crippen LogP contribution in [0, 0.1) is 0 Å². The number of carbonyl (C=O) groups is 2. The molecule has 0 saturated carbocycles. The van der Waals surface area contributed by atoms with Gasteiger partial charge in [-0.1, -0.05) is 60.7 Å². The van der Waals surface area contributed by atoms with E-state index in [2.05, 4.69) is 58.7 Å². The summed E-state index contributed by atoms with van der Waals surface area (Å²) in [5.41, 5.74) is 2.46. The summed E-state index contributed by atoms with van der Waals surface area (Å²) >= 11 is 0. The Hall–Kier alpha value is -2.66. The van der Waals surface area contributed by atoms with Crippen LogP contribution in [-0.4, -0.2) is 60.4 Å². The fourth-order valence-electron chi connectivity index (χ4n) is 4.65. The first-order valence-corrected chi connectivity index (χ1v) is 11.1. The number of nitrogens with zero attached hydrogens (tertiary/aromatic N) is 2. The number of piperidine rings is 1. The Labute approximate surface area is 179 Å². The Bertz CT molecular complexity index is 794. The standard InChI is InChI=1S/C25H31N3O2/c29-24(27-15-8-3-9-16-27)18-23-25(30)26-14-17-28(23)19-22(20-10-4-1-5-11-20)21-12-6-2-7-13-21/h1-2,4-7,10-13,22-23H,3,8-9,14-19H2,(H,26,30)/t23-/m1/s1. The lowest BCUT2D eigenvalue weighted by Gasteiger charge is -2.38. The third-order valence-corrected chi connectivity index (χ3v) is 6.34. The van der Waals surface area contributed by atoms with Crippen LogP contribution in [0.3, 0.4) is 0 Å². The van der Waals surface area contributed by atoms with Gasteiger partial charge in [-0.3, -0.25) is 14.5 Å². The third kappa shape index (κ3) is 4.90. The smallest absolute Gasteiger partial charge is 0.237 e. The largest absolute Gasteiger partial charge is 0.353 e. The molecule has 0 bridgehead atoms. The number of benzene rings is 2. The molecular weight excluding hydrogens is 374 g/mol. The van der Waals surface area contributed by atoms with Crippen LogP contribution in [0.15, 0.2) is 60.7 Å². The zero-order chi connectivity index (χ0) is 20.8. The van der Waals surface area contributed by atoms with Gasteiger partial charge < -0.3 is 10.2 Å². The predicted molar refractivity (Wildman–Crippen MR) is 118 cm³/mol. The second-order valence-corrected chi connectivity index (χ2v) is 8.32. The molecular formula is C25H31N3O2. The van der Waals surface area contributed by atoms with Gasteiger partial charge >= 0.3 is 0 Å². The fraction of sp³-hybridized carbons (Fsp3) is 0.440. The van der Waals surface area contributed by atoms with Crippen LogP contribution in [0.2, 0.25) is 0 Å². The van der Waals surface area contributed by atoms with Crippen molar-refractivity contribution in [3.05, 3.63) is 71.8 Å². The Morgan fingerprint density at radius 1 is 0.900 bits per heavy atom. The summed E-state index contributed by atoms with van der Waals surface area (Å²) in [6.45, 7) is 3.76. The molecule has 2 aliphatic rings. The highest BCUT2D eigenvalue weighted by atomic mass is 16.2. The van der Waals surface area contributed by atoms with E-state index >= 15 is 0 Å². The van der Waals surface area contributed by atoms with Crippen LogP contribution in [-0.2, 0) is 9.59 Å². The van der Waals surface area contributed by atoms with Crippen LogP contribution in [0.5, 0.6) is 0 Å². The number of piperazine rings is 1. The van der Waals surface area contributed by atoms with E-state index in [0.717, 1.165) is 39.0 Å². The molecule has 0 aromatic heterocycles. The van der Waals surface area contributed by atoms with Crippen molar-refractivity contribution in [1.29, 1.82) is 0 Å². The summed E-state index contributed by atoms with van der Waals surface area (Å²) in [7, 11) is 0. The van der Waals surface area contributed by atoms with E-state index in [1.807, 2.05) is 17.0 Å². The first-order chi connectivity index (χ1) is 14.7. The molecule has 2 fully saturated rings. The molecule has 2 aliphatic heterocycles. The highest BCUT2D eigenvalue weighted by molar-refractivity contribution is 5.88. The molecule has 2 aromatic carbocycles. The van der Waals surface area contributed by atoms with Crippen molar-refractivity contribution in [2.75, 3.05) is 32.7 Å². The van der Waals surface area contributed by atoms with Gasteiger partial charge in [0.1, 0.15) is 0 Å². The van der Waals surface area contributed by atoms with Gasteiger partial charge in [0.25, 0.3) is 0 Å². The average Bonchev–Trinajstić information content (AvgIpc) is 2.81. The van der Waals surface area contributed by atoms with Crippen molar-refractivity contribution < 1.29 is 9.59 Å². The number of rotatable bonds is 6. The van der Waals surface area contributed by atoms with E-state index in [0.29, 0.717) is 6.54 Å². The van der Waals surface area contributed by atoms with Crippen molar-refractivity contribution >= 4 is 11.8 Å². The molecule has 4 rings (SSSR count). The first kappa shape index (κ1) is 20.6. The summed E-state index contributed by atoms with van der Waals surface area (Å²) in [6, 6.07) is 20.5. The van der Waals surface area contributed by atoms with Gasteiger partial charge in [-0.2, -0.15) is 0 Å². The maximum atomic E-state index is 12.9. The molecule has 1 N–H and O–H groups in total. The first-order valence-electron chi connectivity index (χ1n) is 11.1. The van der Waals surface area contributed by atoms with Crippen LogP contribution >= 0.6 is 0 Å². The lowest BCUT2D eigenvalue weighted by Crippen LogP contribution is -2.57. The monoisotopic (exact) mass is 405 g/mol. The Morgan fingerprint density at radius 3 is 2.10 bits per heavy atom. The highest BCUT2D eigenvalue weighted by Gasteiger charge is 2.34. The second kappa shape index (κ2) is 9.90. The summed E-state index contributed by atoms with van der Waals surface area (Å²) in [4.78, 5) is 29.8. The van der Waals surface area contributed by atoms with Gasteiger partial charge in [-0.15, -0.1) is 0 Å². The Balaban J connectivity index is 1.54. The molecule has 158 valence electrons. The third-order valence-electron chi connectivity index (χ3n) is 6.34. The molecule has 5 heteroatoms. The minimum atomic E-state index is -0.400. The molecule has 2 aromatic rings. The topological polar surface area (TPSA) is 52.7 Å². The van der Waals surface area contributed by atoms with Gasteiger partial charge in [0.05, 0.1) is 12.5 Å². The van der Waals surface area contributed by atoms with Crippen LogP contribution in [0.25, 0.3) is 0 Å². The number of hydrogen-bond acceptors (Lipinski definition) is 3. The molecule has 0 spiro atoms. The second-order valence-electron chi connectivity index (χ2n) is 8.32. The van der Waals surface area contributed by atoms with Crippen LogP contribution in [0.1, 0.15) is 42.7 Å². The zero-order valence-corrected chi connectivity index (χ0v) is 17.5. The summed E-state index contributed by atoms with van der Waals surface area (Å²) < 4.78 is 0. The van der Waals surface area contributed by atoms with Crippen LogP contribution < -0.4 is 5.32 Å². The molecule has 0 unspecified atom stereocenters. The lowest BCUT2D eigenvalue weighted by atomic mass is 9.90. The van der Waals surface area contributed by atoms with Crippen molar-refractivity contribution in [3.63, 3.8) is 0 Å². The van der Waals surface area contributed by atoms with Gasteiger partial charge in [0, 0.05) is 38.6 Å². The maximum Gasteiger partial charge on any atom is 0.237 e. The van der Waals surface area contributed by atoms with Gasteiger partial charge in [0.15, 0.2) is 0 Å². The van der Waals surface area contributed by atoms with Gasteiger partial charge in [0.2, 0.25) is 11.8 Å². The minimum absolute atomic E-state index is 0.0218. The predicted octanol–water partition coefficient (Wildman–Crippen LogP) is 3.02. The fourth-order valence-corrected chi connectivity index (χ4v) is 4.65. The number of carbonyl (C=O) groups excluding carboxylic acids is 2. The summed E-state index contributed by atoms with van der Waals surface area (Å²) in [5.74, 6) is 0.245. The molecule has 2 saturated heterocycles. The van der Waals surface area contributed by atoms with E-state index in [1.54, 1.807) is 0 Å². The normalized spacial score (nSPS) is 20.2. The molecule has 2 amide bonds. The Kier molecular flexibility index (Phi) is 6.80. The number of nitrogens with one attached hydrogen (secondary N) is 1. The van der Waals surface area contributed by atoms with E-state index in [1.165, 1.54) is 17.5 Å². The van der Waals surface area contributed by atoms with E-state index in [4.69, 9.17) is 0 Å². The molecule has 0 radical (unpaired) electrons. The number of likely N-dealkylation sites (tertiary alicyclic amines) is 1. The van der Waals surface area contributed by atoms with Gasteiger partial charge in [-0.05, 0) is 30.4 Å². The Morgan fingerprint density at radius 2 is 1.50 bits per heavy atom. The number of hydrogen-bond donors (Lipinski definition) is 1. The quantitative estimate of drug-likeness (QED) is 0.804. The molecule has 2 heterocycles. The van der Waals surface area contributed by atoms with E-state index < -0.39 is 6.04 Å². The van der Waals surface area contributed by atoms with E-state index in [9.17, 15) is 9.59 Å². The van der Waals surface area contributed by atoms with E-state index in [-0.39, 0.29) is 24.2 Å². The average molecular weight is 406 g/mol. The maximum absolute atomic E-state index is 12.9. The molecule has 5 nitrogen and oxygen atoms in total. The lowest BCUT2D eigenvalue weighted by molar-refractivity contribution is -0.139. The van der Waals surface area contributed by atoms with Crippen LogP contribution in [0.4, 0.5) is 0 Å². The summed E-state index contributed by atoms with van der Waals surface area (Å²) in [5, 5.41) is 2.97. The zero-order valence-electron chi connectivity index (χ0n) is 17.5. The number of amides is 2. The molecule has 1 atom stereocenters. The van der Waals surface area contributed by atoms with Crippen molar-refractivity contribution in [3.8, 4) is 0 Å². The molecule has 0 aliphatic carbocycles. The minimum Gasteiger partial charge on any atom is -0.353 e. The van der Waals surface area contributed by atoms with Crippen molar-refractivity contribution in [1.82, 2.24) is 15.1 Å². The summed E-state index contributed by atoms with van der Waals surface area (Å²) in [6.07, 6.45) is 3.59.